The summed E-state index contributed by atoms with van der Waals surface area (Å²) in [4.78, 5) is 66.1. The van der Waals surface area contributed by atoms with E-state index in [4.69, 9.17) is 19.0 Å². The van der Waals surface area contributed by atoms with Crippen LogP contribution in [-0.2, 0) is 53.3 Å². The number of nitrogens with zero attached hydrogens (tertiary/aromatic N) is 3. The molecule has 30 heteroatoms. The van der Waals surface area contributed by atoms with Gasteiger partial charge in [0.15, 0.2) is 0 Å². The minimum absolute atomic E-state index is 0.426. The molecule has 5 unspecified atom stereocenters. The van der Waals surface area contributed by atoms with Gasteiger partial charge in [-0.2, -0.15) is 0 Å². The van der Waals surface area contributed by atoms with Gasteiger partial charge in [-0.25, -0.2) is 4.57 Å². The van der Waals surface area contributed by atoms with Crippen molar-refractivity contribution < 1.29 is 87.5 Å². The first-order chi connectivity index (χ1) is 18.9. The zero-order valence-electron chi connectivity index (χ0n) is 21.4. The van der Waals surface area contributed by atoms with Crippen molar-refractivity contribution in [3.05, 3.63) is 0 Å². The second kappa shape index (κ2) is 13.3. The Kier molecular flexibility index (Phi) is 12.0. The van der Waals surface area contributed by atoms with Crippen molar-refractivity contribution in [2.45, 2.75) is 38.5 Å². The Morgan fingerprint density at radius 2 is 0.690 bits per heavy atom. The van der Waals surface area contributed by atoms with Crippen molar-refractivity contribution >= 4 is 68.4 Å². The van der Waals surface area contributed by atoms with Crippen molar-refractivity contribution in [3.8, 4) is 0 Å². The fourth-order valence-electron chi connectivity index (χ4n) is 4.71. The van der Waals surface area contributed by atoms with Gasteiger partial charge in [-0.1, -0.05) is 0 Å². The second-order valence-corrected chi connectivity index (χ2v) is 25.7. The molecule has 3 aliphatic heterocycles. The molecule has 0 amide bonds. The first kappa shape index (κ1) is 38.1. The van der Waals surface area contributed by atoms with E-state index in [0.717, 1.165) is 0 Å². The molecular formula is C12H31BrN3O19P7. The van der Waals surface area contributed by atoms with Crippen molar-refractivity contribution in [1.29, 1.82) is 0 Å². The van der Waals surface area contributed by atoms with Crippen molar-refractivity contribution in [2.75, 3.05) is 39.3 Å². The fourth-order valence-corrected chi connectivity index (χ4v) is 22.8. The summed E-state index contributed by atoms with van der Waals surface area (Å²) in [6.07, 6.45) is 4.26. The quantitative estimate of drug-likeness (QED) is 0.116. The maximum absolute atomic E-state index is 13.3. The van der Waals surface area contributed by atoms with Gasteiger partial charge in [-0.3, -0.25) is 0 Å². The normalized spacial score (nSPS) is 28.2. The Labute approximate surface area is 247 Å². The topological polar surface area (TPSA) is 309 Å². The molecule has 0 radical (unpaired) electrons. The van der Waals surface area contributed by atoms with Crippen LogP contribution in [0.3, 0.4) is 0 Å². The molecule has 0 saturated carbocycles. The van der Waals surface area contributed by atoms with Crippen molar-refractivity contribution in [2.24, 2.45) is 0 Å². The Bertz CT molecular complexity index is 1250. The first-order valence-corrected chi connectivity index (χ1v) is 24.9. The zero-order valence-corrected chi connectivity index (χ0v) is 29.2. The molecular weight excluding hydrogens is 787 g/mol. The van der Waals surface area contributed by atoms with E-state index in [1.165, 1.54) is 0 Å². The summed E-state index contributed by atoms with van der Waals surface area (Å²) >= 11 is 3.70. The van der Waals surface area contributed by atoms with Crippen molar-refractivity contribution in [1.82, 2.24) is 14.0 Å². The molecule has 42 heavy (non-hydrogen) atoms. The van der Waals surface area contributed by atoms with Gasteiger partial charge in [0.2, 0.25) is 0 Å². The third kappa shape index (κ3) is 9.84. The van der Waals surface area contributed by atoms with Crippen LogP contribution in [0.15, 0.2) is 0 Å². The van der Waals surface area contributed by atoms with E-state index >= 15 is 0 Å². The van der Waals surface area contributed by atoms with E-state index in [0.29, 0.717) is 77.8 Å². The Hall–Kier alpha value is 1.65. The summed E-state index contributed by atoms with van der Waals surface area (Å²) in [6, 6.07) is 0. The molecule has 250 valence electrons. The number of rotatable bonds is 15. The third-order valence-electron chi connectivity index (χ3n) is 5.95. The monoisotopic (exact) mass is 817 g/mol. The van der Waals surface area contributed by atoms with Crippen LogP contribution >= 0.6 is 68.4 Å². The van der Waals surface area contributed by atoms with Crippen LogP contribution in [0.5, 0.6) is 0 Å². The van der Waals surface area contributed by atoms with Crippen molar-refractivity contribution in [3.63, 3.8) is 0 Å². The summed E-state index contributed by atoms with van der Waals surface area (Å²) in [5, 5.41) is 0. The van der Waals surface area contributed by atoms with Crippen LogP contribution in [0.4, 0.5) is 0 Å². The van der Waals surface area contributed by atoms with Gasteiger partial charge in [0, 0.05) is 0 Å². The van der Waals surface area contributed by atoms with Gasteiger partial charge in [-0.15, -0.1) is 0 Å². The van der Waals surface area contributed by atoms with Crippen LogP contribution in [0.25, 0.3) is 0 Å². The van der Waals surface area contributed by atoms with E-state index in [1.54, 1.807) is 0 Å². The molecule has 3 fully saturated rings. The van der Waals surface area contributed by atoms with Crippen LogP contribution in [0.2, 0.25) is 0 Å². The number of hydrogen-bond acceptors (Lipinski definition) is 15. The maximum atomic E-state index is 13.3. The molecule has 5 atom stereocenters. The summed E-state index contributed by atoms with van der Waals surface area (Å²) in [5.41, 5.74) is 0. The van der Waals surface area contributed by atoms with E-state index in [-0.39, 0.29) is 0 Å². The minimum atomic E-state index is -6.37. The van der Waals surface area contributed by atoms with Gasteiger partial charge in [0.1, 0.15) is 0 Å². The predicted molar refractivity (Wildman–Crippen MR) is 146 cm³/mol. The van der Waals surface area contributed by atoms with Gasteiger partial charge in [-0.05, 0) is 0 Å². The van der Waals surface area contributed by atoms with E-state index in [1.807, 2.05) is 14.0 Å². The average Bonchev–Trinajstić information content (AvgIpc) is 3.52. The molecule has 0 aromatic rings. The number of phosphoric acid groups is 6. The molecule has 0 bridgehead atoms. The summed E-state index contributed by atoms with van der Waals surface area (Å²) in [6.45, 7) is 2.56. The first-order valence-electron chi connectivity index (χ1n) is 11.9. The second-order valence-electron chi connectivity index (χ2n) is 9.11. The molecule has 0 aliphatic carbocycles. The molecule has 22 nitrogen and oxygen atoms in total. The van der Waals surface area contributed by atoms with Crippen LogP contribution in [0, 0.1) is 0 Å². The third-order valence-corrected chi connectivity index (χ3v) is 25.4. The molecule has 3 heterocycles. The average molecular weight is 818 g/mol. The van der Waals surface area contributed by atoms with Crippen LogP contribution < -0.4 is 0 Å². The SMILES string of the molecule is O=P(O)(O)OP(=O)(O)OP(=O)(O)OP(=O)(O)OP(=O)(O)OP(=O)(O)OP(Br)(N1CCCC1)(N1CCCC1)N1CCCC1. The summed E-state index contributed by atoms with van der Waals surface area (Å²) < 4.78 is 102. The van der Waals surface area contributed by atoms with Crippen LogP contribution in [0.1, 0.15) is 38.5 Å². The van der Waals surface area contributed by atoms with Gasteiger partial charge in [0.25, 0.3) is 0 Å². The Morgan fingerprint density at radius 3 is 0.952 bits per heavy atom. The molecule has 0 aromatic heterocycles. The van der Waals surface area contributed by atoms with Gasteiger partial charge < -0.3 is 9.79 Å². The fraction of sp³-hybridized carbons (Fsp3) is 1.00. The number of halogens is 1. The van der Waals surface area contributed by atoms with Crippen LogP contribution in [-0.4, -0.2) is 87.5 Å². The molecule has 3 aliphatic rings. The van der Waals surface area contributed by atoms with Gasteiger partial charge in [0.05, 0.1) is 0 Å². The Morgan fingerprint density at radius 1 is 0.452 bits per heavy atom. The van der Waals surface area contributed by atoms with E-state index < -0.39 is 52.9 Å². The molecule has 3 rings (SSSR count). The molecule has 3 saturated heterocycles. The van der Waals surface area contributed by atoms with E-state index in [9.17, 15) is 47.0 Å². The summed E-state index contributed by atoms with van der Waals surface area (Å²) in [7, 11) is -36.6. The standard InChI is InChI=1S/C12H31BrN3O19P7/c13-42(14-7-1-2-8-14,15-9-3-4-10-15,16-11-5-6-12-16)35-41(28,29)34-40(26,27)33-39(24,25)32-38(22,23)31-37(20,21)30-36(17,18)19/h1-12H2,(H,20,21)(H,22,23)(H,24,25)(H,26,27)(H,28,29)(H2,17,18,19). The Balaban J connectivity index is 1.83. The zero-order chi connectivity index (χ0) is 31.9. The van der Waals surface area contributed by atoms with Gasteiger partial charge >= 0.3 is 233 Å². The molecule has 0 spiro atoms. The van der Waals surface area contributed by atoms with E-state index in [2.05, 4.69) is 37.0 Å². The molecule has 7 N–H and O–H groups in total. The number of hydrogen-bond donors (Lipinski definition) is 7. The molecule has 0 aromatic carbocycles. The summed E-state index contributed by atoms with van der Waals surface area (Å²) in [5.74, 6) is -4.41. The predicted octanol–water partition coefficient (Wildman–Crippen LogP) is 3.49.